The highest BCUT2D eigenvalue weighted by atomic mass is 15.3. The number of aromatic nitrogens is 4. The van der Waals surface area contributed by atoms with Crippen LogP contribution in [0.3, 0.4) is 0 Å². The van der Waals surface area contributed by atoms with E-state index in [0.717, 1.165) is 72.6 Å². The van der Waals surface area contributed by atoms with Gasteiger partial charge in [0.25, 0.3) is 0 Å². The molecule has 2 aromatic heterocycles. The zero-order valence-electron chi connectivity index (χ0n) is 21.7. The van der Waals surface area contributed by atoms with Crippen LogP contribution in [0, 0.1) is 5.92 Å². The van der Waals surface area contributed by atoms with Gasteiger partial charge in [0.05, 0.1) is 11.0 Å². The van der Waals surface area contributed by atoms with Gasteiger partial charge < -0.3 is 20.4 Å². The fourth-order valence-electron chi connectivity index (χ4n) is 4.72. The molecule has 1 saturated heterocycles. The summed E-state index contributed by atoms with van der Waals surface area (Å²) >= 11 is 0. The van der Waals surface area contributed by atoms with Crippen LogP contribution in [-0.4, -0.2) is 58.7 Å². The number of piperazine rings is 1. The van der Waals surface area contributed by atoms with Crippen LogP contribution < -0.4 is 20.4 Å². The Bertz CT molecular complexity index is 1330. The van der Waals surface area contributed by atoms with Gasteiger partial charge in [0.15, 0.2) is 0 Å². The molecule has 0 radical (unpaired) electrons. The molecule has 0 amide bonds. The van der Waals surface area contributed by atoms with E-state index in [2.05, 4.69) is 104 Å². The van der Waals surface area contributed by atoms with Crippen LogP contribution >= 0.6 is 0 Å². The van der Waals surface area contributed by atoms with Crippen molar-refractivity contribution in [2.45, 2.75) is 40.2 Å². The molecular formula is C28H36N8. The van der Waals surface area contributed by atoms with Gasteiger partial charge >= 0.3 is 0 Å². The fraction of sp³-hybridized carbons (Fsp3) is 0.429. The number of nitrogens with zero attached hydrogens (tertiary/aromatic N) is 6. The maximum atomic E-state index is 4.55. The molecule has 0 saturated carbocycles. The fourth-order valence-corrected chi connectivity index (χ4v) is 4.72. The molecule has 188 valence electrons. The van der Waals surface area contributed by atoms with Crippen molar-refractivity contribution in [2.75, 3.05) is 53.2 Å². The molecule has 5 rings (SSSR count). The van der Waals surface area contributed by atoms with Gasteiger partial charge in [0.2, 0.25) is 0 Å². The van der Waals surface area contributed by atoms with E-state index >= 15 is 0 Å². The average Bonchev–Trinajstić information content (AvgIpc) is 2.88. The van der Waals surface area contributed by atoms with Crippen LogP contribution in [0.5, 0.6) is 0 Å². The second-order valence-corrected chi connectivity index (χ2v) is 10.2. The highest BCUT2D eigenvalue weighted by molar-refractivity contribution is 5.92. The maximum absolute atomic E-state index is 4.55. The van der Waals surface area contributed by atoms with Crippen LogP contribution in [0.15, 0.2) is 49.1 Å². The normalized spacial score (nSPS) is 14.3. The molecule has 3 heterocycles. The second kappa shape index (κ2) is 10.5. The van der Waals surface area contributed by atoms with Crippen LogP contribution in [0.1, 0.15) is 34.1 Å². The van der Waals surface area contributed by atoms with Gasteiger partial charge in [-0.2, -0.15) is 0 Å². The highest BCUT2D eigenvalue weighted by Crippen LogP contribution is 2.28. The molecule has 2 aromatic carbocycles. The lowest BCUT2D eigenvalue weighted by molar-refractivity contribution is 0.607. The topological polar surface area (TPSA) is 82.1 Å². The largest absolute Gasteiger partial charge is 0.369 e. The van der Waals surface area contributed by atoms with E-state index < -0.39 is 0 Å². The van der Waals surface area contributed by atoms with E-state index in [1.165, 1.54) is 11.4 Å². The zero-order chi connectivity index (χ0) is 25.1. The summed E-state index contributed by atoms with van der Waals surface area (Å²) in [5.74, 6) is 2.48. The molecule has 1 aliphatic heterocycles. The van der Waals surface area contributed by atoms with E-state index in [1.54, 1.807) is 12.7 Å². The number of rotatable bonds is 8. The van der Waals surface area contributed by atoms with Crippen molar-refractivity contribution in [3.8, 4) is 0 Å². The molecule has 2 N–H and O–H groups in total. The predicted molar refractivity (Wildman–Crippen MR) is 150 cm³/mol. The Morgan fingerprint density at radius 2 is 1.25 bits per heavy atom. The Balaban J connectivity index is 1.27. The number of nitrogens with one attached hydrogen (secondary N) is 2. The van der Waals surface area contributed by atoms with Crippen LogP contribution in [0.2, 0.25) is 0 Å². The number of hydrogen-bond donors (Lipinski definition) is 2. The first-order valence-electron chi connectivity index (χ1n) is 13.0. The number of benzene rings is 2. The van der Waals surface area contributed by atoms with Gasteiger partial charge in [-0.25, -0.2) is 19.9 Å². The number of hydrogen-bond acceptors (Lipinski definition) is 8. The molecular weight excluding hydrogens is 448 g/mol. The van der Waals surface area contributed by atoms with Crippen molar-refractivity contribution in [3.63, 3.8) is 0 Å². The van der Waals surface area contributed by atoms with Gasteiger partial charge in [0.1, 0.15) is 24.3 Å². The van der Waals surface area contributed by atoms with Crippen molar-refractivity contribution in [3.05, 3.63) is 49.1 Å². The van der Waals surface area contributed by atoms with E-state index in [0.29, 0.717) is 12.0 Å². The minimum atomic E-state index is 0.324. The zero-order valence-corrected chi connectivity index (χ0v) is 21.7. The summed E-state index contributed by atoms with van der Waals surface area (Å²) in [6, 6.07) is 13.4. The quantitative estimate of drug-likeness (QED) is 0.354. The third-order valence-corrected chi connectivity index (χ3v) is 6.69. The smallest absolute Gasteiger partial charge is 0.137 e. The van der Waals surface area contributed by atoms with E-state index in [4.69, 9.17) is 0 Å². The Labute approximate surface area is 213 Å². The molecule has 0 unspecified atom stereocenters. The molecule has 0 aliphatic carbocycles. The summed E-state index contributed by atoms with van der Waals surface area (Å²) in [7, 11) is 0. The van der Waals surface area contributed by atoms with Gasteiger partial charge in [-0.1, -0.05) is 13.8 Å². The lowest BCUT2D eigenvalue weighted by Gasteiger charge is -2.37. The van der Waals surface area contributed by atoms with E-state index in [9.17, 15) is 0 Å². The van der Waals surface area contributed by atoms with Gasteiger partial charge in [0, 0.05) is 60.9 Å². The summed E-state index contributed by atoms with van der Waals surface area (Å²) < 4.78 is 0. The lowest BCUT2D eigenvalue weighted by atomic mass is 10.1. The van der Waals surface area contributed by atoms with Crippen molar-refractivity contribution in [1.82, 2.24) is 19.9 Å². The Morgan fingerprint density at radius 3 is 1.78 bits per heavy atom. The first-order chi connectivity index (χ1) is 17.5. The SMILES string of the molecule is CC(C)CCNc1ncnc2cc(N3CCN(c4ccc5c(NC(C)C)ncnc5c4)CC3)ccc12. The third-order valence-electron chi connectivity index (χ3n) is 6.69. The molecule has 4 aromatic rings. The second-order valence-electron chi connectivity index (χ2n) is 10.2. The monoisotopic (exact) mass is 484 g/mol. The Kier molecular flexibility index (Phi) is 7.02. The number of fused-ring (bicyclic) bond motifs is 2. The maximum Gasteiger partial charge on any atom is 0.137 e. The standard InChI is InChI=1S/C28H36N8/c1-19(2)9-10-29-27-23-7-5-21(15-25(23)30-17-32-27)35-11-13-36(14-12-35)22-6-8-24-26(16-22)31-18-33-28(24)34-20(3)4/h5-8,15-20H,9-14H2,1-4H3,(H,29,30,32)(H,31,33,34). The lowest BCUT2D eigenvalue weighted by Crippen LogP contribution is -2.46. The average molecular weight is 485 g/mol. The van der Waals surface area contributed by atoms with Crippen LogP contribution in [-0.2, 0) is 0 Å². The Hall–Kier alpha value is -3.68. The summed E-state index contributed by atoms with van der Waals surface area (Å²) in [4.78, 5) is 22.9. The van der Waals surface area contributed by atoms with Crippen LogP contribution in [0.25, 0.3) is 21.8 Å². The minimum absolute atomic E-state index is 0.324. The molecule has 8 heteroatoms. The Morgan fingerprint density at radius 1 is 0.722 bits per heavy atom. The van der Waals surface area contributed by atoms with Crippen molar-refractivity contribution in [1.29, 1.82) is 0 Å². The highest BCUT2D eigenvalue weighted by Gasteiger charge is 2.19. The molecule has 1 fully saturated rings. The van der Waals surface area contributed by atoms with Gasteiger partial charge in [-0.15, -0.1) is 0 Å². The molecule has 0 bridgehead atoms. The van der Waals surface area contributed by atoms with Crippen LogP contribution in [0.4, 0.5) is 23.0 Å². The molecule has 0 spiro atoms. The molecule has 1 aliphatic rings. The van der Waals surface area contributed by atoms with E-state index in [-0.39, 0.29) is 0 Å². The van der Waals surface area contributed by atoms with Crippen molar-refractivity contribution < 1.29 is 0 Å². The van der Waals surface area contributed by atoms with Crippen molar-refractivity contribution >= 4 is 44.8 Å². The molecule has 8 nitrogen and oxygen atoms in total. The first-order valence-corrected chi connectivity index (χ1v) is 13.0. The first kappa shape index (κ1) is 24.0. The number of anilines is 4. The predicted octanol–water partition coefficient (Wildman–Crippen LogP) is 5.18. The summed E-state index contributed by atoms with van der Waals surface area (Å²) in [6.07, 6.45) is 4.42. The minimum Gasteiger partial charge on any atom is -0.369 e. The summed E-state index contributed by atoms with van der Waals surface area (Å²) in [5, 5.41) is 9.04. The van der Waals surface area contributed by atoms with Gasteiger partial charge in [-0.3, -0.25) is 0 Å². The van der Waals surface area contributed by atoms with Gasteiger partial charge in [-0.05, 0) is 62.6 Å². The van der Waals surface area contributed by atoms with E-state index in [1.807, 2.05) is 0 Å². The molecule has 36 heavy (non-hydrogen) atoms. The summed E-state index contributed by atoms with van der Waals surface area (Å²) in [5.41, 5.74) is 4.38. The third kappa shape index (κ3) is 5.27. The summed E-state index contributed by atoms with van der Waals surface area (Å²) in [6.45, 7) is 13.5. The molecule has 0 atom stereocenters. The van der Waals surface area contributed by atoms with Crippen molar-refractivity contribution in [2.24, 2.45) is 5.92 Å².